The van der Waals surface area contributed by atoms with Crippen LogP contribution in [0.1, 0.15) is 10.5 Å². The van der Waals surface area contributed by atoms with Gasteiger partial charge in [-0.15, -0.1) is 5.10 Å². The van der Waals surface area contributed by atoms with Gasteiger partial charge in [-0.25, -0.2) is 22.8 Å². The molecule has 0 spiro atoms. The summed E-state index contributed by atoms with van der Waals surface area (Å²) in [6.07, 6.45) is -0.624. The molecule has 0 atom stereocenters. The number of pyridine rings is 1. The predicted molar refractivity (Wildman–Crippen MR) is 107 cm³/mol. The Bertz CT molecular complexity index is 1410. The topological polar surface area (TPSA) is 91.7 Å². The minimum absolute atomic E-state index is 0.0883. The van der Waals surface area contributed by atoms with Crippen LogP contribution in [0.15, 0.2) is 36.8 Å². The molecule has 34 heavy (non-hydrogen) atoms. The lowest BCUT2D eigenvalue weighted by molar-refractivity contribution is -0.180. The number of anilines is 2. The molecule has 1 aromatic carbocycles. The molecule has 4 heterocycles. The van der Waals surface area contributed by atoms with Crippen molar-refractivity contribution >= 4 is 28.3 Å². The molecule has 14 heteroatoms. The zero-order valence-corrected chi connectivity index (χ0v) is 16.9. The van der Waals surface area contributed by atoms with Gasteiger partial charge in [-0.2, -0.15) is 13.2 Å². The second-order valence-corrected chi connectivity index (χ2v) is 7.66. The maximum atomic E-state index is 14.5. The number of carbonyl (C=O) groups excluding carboxylic acids is 1. The van der Waals surface area contributed by atoms with Crippen LogP contribution in [-0.2, 0) is 0 Å². The molecule has 2 N–H and O–H groups in total. The summed E-state index contributed by atoms with van der Waals surface area (Å²) in [5.41, 5.74) is 0.364. The van der Waals surface area contributed by atoms with E-state index in [1.54, 1.807) is 0 Å². The van der Waals surface area contributed by atoms with Gasteiger partial charge >= 0.3 is 6.18 Å². The SMILES string of the molecule is O=C(Nc1c[nH]c2cc(F)c(F)cc12)c1cn(-c2cnc(N3CC(C(F)(F)F)C3)c(F)c2)nn1. The first-order chi connectivity index (χ1) is 16.1. The average molecular weight is 481 g/mol. The minimum Gasteiger partial charge on any atom is -0.359 e. The molecule has 8 nitrogen and oxygen atoms in total. The van der Waals surface area contributed by atoms with E-state index in [2.05, 4.69) is 25.6 Å². The molecule has 1 aliphatic heterocycles. The van der Waals surface area contributed by atoms with Gasteiger partial charge < -0.3 is 15.2 Å². The van der Waals surface area contributed by atoms with Gasteiger partial charge in [0.25, 0.3) is 5.91 Å². The van der Waals surface area contributed by atoms with Crippen LogP contribution >= 0.6 is 0 Å². The van der Waals surface area contributed by atoms with E-state index in [1.165, 1.54) is 23.5 Å². The van der Waals surface area contributed by atoms with Gasteiger partial charge in [-0.05, 0) is 6.07 Å². The van der Waals surface area contributed by atoms with E-state index in [4.69, 9.17) is 0 Å². The summed E-state index contributed by atoms with van der Waals surface area (Å²) in [4.78, 5) is 20.3. The maximum Gasteiger partial charge on any atom is 0.395 e. The van der Waals surface area contributed by atoms with Gasteiger partial charge in [-0.3, -0.25) is 4.79 Å². The van der Waals surface area contributed by atoms with Crippen molar-refractivity contribution < 1.29 is 31.1 Å². The number of halogens is 6. The molecule has 176 valence electrons. The first-order valence-corrected chi connectivity index (χ1v) is 9.77. The number of nitrogens with zero attached hydrogens (tertiary/aromatic N) is 5. The number of hydrogen-bond acceptors (Lipinski definition) is 5. The summed E-state index contributed by atoms with van der Waals surface area (Å²) in [5, 5.41) is 10.2. The third kappa shape index (κ3) is 3.80. The molecule has 0 radical (unpaired) electrons. The Morgan fingerprint density at radius 1 is 1.09 bits per heavy atom. The minimum atomic E-state index is -4.35. The monoisotopic (exact) mass is 481 g/mol. The maximum absolute atomic E-state index is 14.5. The molecular weight excluding hydrogens is 468 g/mol. The number of hydrogen-bond donors (Lipinski definition) is 2. The predicted octanol–water partition coefficient (Wildman–Crippen LogP) is 3.81. The fraction of sp³-hybridized carbons (Fsp3) is 0.200. The third-order valence-electron chi connectivity index (χ3n) is 5.41. The van der Waals surface area contributed by atoms with Crippen LogP contribution in [0.4, 0.5) is 37.8 Å². The van der Waals surface area contributed by atoms with Gasteiger partial charge in [-0.1, -0.05) is 5.21 Å². The van der Waals surface area contributed by atoms with E-state index in [-0.39, 0.29) is 46.9 Å². The summed E-state index contributed by atoms with van der Waals surface area (Å²) in [5.74, 6) is -5.45. The number of carbonyl (C=O) groups is 1. The normalized spacial score (nSPS) is 14.5. The van der Waals surface area contributed by atoms with Gasteiger partial charge in [0.2, 0.25) is 0 Å². The van der Waals surface area contributed by atoms with Crippen LogP contribution < -0.4 is 10.2 Å². The summed E-state index contributed by atoms with van der Waals surface area (Å²) in [7, 11) is 0. The van der Waals surface area contributed by atoms with Gasteiger partial charge in [0.15, 0.2) is 29.0 Å². The first kappa shape index (κ1) is 21.7. The highest BCUT2D eigenvalue weighted by Gasteiger charge is 2.48. The summed E-state index contributed by atoms with van der Waals surface area (Å²) >= 11 is 0. The fourth-order valence-electron chi connectivity index (χ4n) is 3.54. The number of benzene rings is 1. The zero-order valence-electron chi connectivity index (χ0n) is 16.9. The Morgan fingerprint density at radius 3 is 2.53 bits per heavy atom. The van der Waals surface area contributed by atoms with Gasteiger partial charge in [0.05, 0.1) is 35.2 Å². The Hall–Kier alpha value is -4.10. The number of amides is 1. The van der Waals surface area contributed by atoms with E-state index in [1.807, 2.05) is 0 Å². The third-order valence-corrected chi connectivity index (χ3v) is 5.41. The Labute approximate surface area is 186 Å². The molecule has 1 aliphatic rings. The lowest BCUT2D eigenvalue weighted by Gasteiger charge is -2.40. The summed E-state index contributed by atoms with van der Waals surface area (Å²) < 4.78 is 80.4. The van der Waals surface area contributed by atoms with Crippen LogP contribution in [0.2, 0.25) is 0 Å². The first-order valence-electron chi connectivity index (χ1n) is 9.77. The van der Waals surface area contributed by atoms with Gasteiger partial charge in [0.1, 0.15) is 0 Å². The molecule has 1 amide bonds. The number of rotatable bonds is 4. The number of nitrogens with one attached hydrogen (secondary N) is 2. The van der Waals surface area contributed by atoms with Crippen LogP contribution in [0.3, 0.4) is 0 Å². The Balaban J connectivity index is 1.31. The smallest absolute Gasteiger partial charge is 0.359 e. The number of H-pyrrole nitrogens is 1. The quantitative estimate of drug-likeness (QED) is 0.433. The molecule has 5 rings (SSSR count). The molecule has 1 saturated heterocycles. The largest absolute Gasteiger partial charge is 0.395 e. The van der Waals surface area contributed by atoms with Crippen LogP contribution in [0.5, 0.6) is 0 Å². The second kappa shape index (κ2) is 7.74. The summed E-state index contributed by atoms with van der Waals surface area (Å²) in [6.45, 7) is -0.768. The van der Waals surface area contributed by atoms with Crippen molar-refractivity contribution in [3.05, 3.63) is 59.9 Å². The van der Waals surface area contributed by atoms with Crippen molar-refractivity contribution in [3.8, 4) is 5.69 Å². The van der Waals surface area contributed by atoms with E-state index >= 15 is 0 Å². The number of alkyl halides is 3. The lowest BCUT2D eigenvalue weighted by Crippen LogP contribution is -2.54. The number of fused-ring (bicyclic) bond motifs is 1. The fourth-order valence-corrected chi connectivity index (χ4v) is 3.54. The molecule has 0 saturated carbocycles. The van der Waals surface area contributed by atoms with Crippen molar-refractivity contribution in [1.29, 1.82) is 0 Å². The molecule has 1 fully saturated rings. The van der Waals surface area contributed by atoms with E-state index < -0.39 is 35.5 Å². The lowest BCUT2D eigenvalue weighted by atomic mass is 10.00. The molecule has 0 aliphatic carbocycles. The number of aromatic amines is 1. The molecular formula is C20H13F6N7O. The second-order valence-electron chi connectivity index (χ2n) is 7.66. The highest BCUT2D eigenvalue weighted by atomic mass is 19.4. The molecule has 3 aromatic heterocycles. The standard InChI is InChI=1S/C20H13F6N7O/c21-12-2-11-15(3-13(12)22)27-5-16(11)29-19(34)17-8-33(31-30-17)10-1-14(23)18(28-4-10)32-6-9(7-32)20(24,25)26/h1-5,8-9,27H,6-7H2,(H,29,34). The van der Waals surface area contributed by atoms with Crippen molar-refractivity contribution in [2.75, 3.05) is 23.3 Å². The van der Waals surface area contributed by atoms with Crippen LogP contribution in [-0.4, -0.2) is 50.1 Å². The van der Waals surface area contributed by atoms with Crippen LogP contribution in [0.25, 0.3) is 16.6 Å². The number of aromatic nitrogens is 5. The molecule has 0 unspecified atom stereocenters. The van der Waals surface area contributed by atoms with E-state index in [0.29, 0.717) is 0 Å². The van der Waals surface area contributed by atoms with E-state index in [9.17, 15) is 31.1 Å². The van der Waals surface area contributed by atoms with Crippen molar-refractivity contribution in [1.82, 2.24) is 25.0 Å². The zero-order chi connectivity index (χ0) is 24.2. The molecule has 4 aromatic rings. The Morgan fingerprint density at radius 2 is 1.82 bits per heavy atom. The van der Waals surface area contributed by atoms with Crippen molar-refractivity contribution in [2.24, 2.45) is 5.92 Å². The average Bonchev–Trinajstić information content (AvgIpc) is 3.36. The summed E-state index contributed by atoms with van der Waals surface area (Å²) in [6, 6.07) is 2.89. The van der Waals surface area contributed by atoms with Gasteiger partial charge in [0, 0.05) is 36.8 Å². The molecule has 0 bridgehead atoms. The van der Waals surface area contributed by atoms with Crippen molar-refractivity contribution in [2.45, 2.75) is 6.18 Å². The van der Waals surface area contributed by atoms with E-state index in [0.717, 1.165) is 22.9 Å². The Kier molecular flexibility index (Phi) is 4.95. The van der Waals surface area contributed by atoms with Crippen LogP contribution in [0, 0.1) is 23.4 Å². The highest BCUT2D eigenvalue weighted by molar-refractivity contribution is 6.07. The van der Waals surface area contributed by atoms with Crippen molar-refractivity contribution in [3.63, 3.8) is 0 Å². The highest BCUT2D eigenvalue weighted by Crippen LogP contribution is 2.36.